The van der Waals surface area contributed by atoms with Gasteiger partial charge in [0.15, 0.2) is 5.75 Å². The lowest BCUT2D eigenvalue weighted by Gasteiger charge is -2.09. The van der Waals surface area contributed by atoms with Crippen molar-refractivity contribution in [2.45, 2.75) is 19.9 Å². The molecule has 0 saturated carbocycles. The second-order valence-corrected chi connectivity index (χ2v) is 4.18. The zero-order valence-electron chi connectivity index (χ0n) is 10.8. The average molecular weight is 279 g/mol. The minimum Gasteiger partial charge on any atom is -0.477 e. The van der Waals surface area contributed by atoms with Crippen LogP contribution < -0.4 is 10.5 Å². The zero-order chi connectivity index (χ0) is 14.7. The van der Waals surface area contributed by atoms with E-state index >= 15 is 0 Å². The smallest absolute Gasteiger partial charge is 0.341 e. The molecule has 0 bridgehead atoms. The monoisotopic (exact) mass is 279 g/mol. The number of aromatic nitrogens is 2. The van der Waals surface area contributed by atoms with Crippen molar-refractivity contribution in [2.75, 3.05) is 5.73 Å². The number of aromatic carboxylic acids is 1. The predicted octanol–water partition coefficient (Wildman–Crippen LogP) is 2.50. The Hall–Kier alpha value is -2.57. The minimum absolute atomic E-state index is 0.0209. The first-order valence-corrected chi connectivity index (χ1v) is 6.04. The van der Waals surface area contributed by atoms with E-state index in [-0.39, 0.29) is 5.75 Å². The standard InChI is InChI=1S/C13H14FN3O3/c1-2-5-17-7-8(6-16-17)20-10-4-3-9(14)12(15)11(10)13(18)19/h3-4,6-7H,2,5,15H2,1H3,(H,18,19). The predicted molar refractivity (Wildman–Crippen MR) is 70.4 cm³/mol. The Morgan fingerprint density at radius 1 is 1.55 bits per heavy atom. The Balaban J connectivity index is 2.33. The number of carboxylic acids is 1. The highest BCUT2D eigenvalue weighted by Gasteiger charge is 2.19. The van der Waals surface area contributed by atoms with Crippen molar-refractivity contribution in [3.63, 3.8) is 0 Å². The molecule has 2 rings (SSSR count). The fourth-order valence-corrected chi connectivity index (χ4v) is 1.76. The Kier molecular flexibility index (Phi) is 3.88. The second-order valence-electron chi connectivity index (χ2n) is 4.18. The van der Waals surface area contributed by atoms with E-state index in [0.29, 0.717) is 5.75 Å². The minimum atomic E-state index is -1.35. The summed E-state index contributed by atoms with van der Waals surface area (Å²) in [7, 11) is 0. The van der Waals surface area contributed by atoms with Crippen LogP contribution in [-0.4, -0.2) is 20.9 Å². The zero-order valence-corrected chi connectivity index (χ0v) is 10.8. The molecule has 7 heteroatoms. The molecule has 0 saturated heterocycles. The first-order chi connectivity index (χ1) is 9.52. The number of benzene rings is 1. The summed E-state index contributed by atoms with van der Waals surface area (Å²) in [5.74, 6) is -1.80. The molecule has 0 fully saturated rings. The van der Waals surface area contributed by atoms with E-state index in [4.69, 9.17) is 15.6 Å². The molecule has 0 amide bonds. The molecular weight excluding hydrogens is 265 g/mol. The molecule has 1 aromatic heterocycles. The number of nitrogen functional groups attached to an aromatic ring is 1. The van der Waals surface area contributed by atoms with Gasteiger partial charge in [0.25, 0.3) is 0 Å². The summed E-state index contributed by atoms with van der Waals surface area (Å²) in [4.78, 5) is 11.1. The summed E-state index contributed by atoms with van der Waals surface area (Å²) in [5.41, 5.74) is 4.59. The van der Waals surface area contributed by atoms with E-state index in [1.54, 1.807) is 10.9 Å². The van der Waals surface area contributed by atoms with Crippen LogP contribution in [-0.2, 0) is 6.54 Å². The quantitative estimate of drug-likeness (QED) is 0.821. The normalized spacial score (nSPS) is 10.5. The molecule has 106 valence electrons. The average Bonchev–Trinajstić information content (AvgIpc) is 2.81. The first-order valence-electron chi connectivity index (χ1n) is 6.04. The van der Waals surface area contributed by atoms with E-state index in [2.05, 4.69) is 5.10 Å². The summed E-state index contributed by atoms with van der Waals surface area (Å²) in [5, 5.41) is 13.1. The molecule has 0 atom stereocenters. The summed E-state index contributed by atoms with van der Waals surface area (Å²) in [6.45, 7) is 2.73. The molecule has 0 aliphatic heterocycles. The van der Waals surface area contributed by atoms with Gasteiger partial charge in [-0.25, -0.2) is 9.18 Å². The molecular formula is C13H14FN3O3. The maximum atomic E-state index is 13.3. The summed E-state index contributed by atoms with van der Waals surface area (Å²) in [6.07, 6.45) is 4.00. The fourth-order valence-electron chi connectivity index (χ4n) is 1.76. The maximum Gasteiger partial charge on any atom is 0.341 e. The number of nitrogens with two attached hydrogens (primary N) is 1. The molecule has 0 aliphatic rings. The topological polar surface area (TPSA) is 90.4 Å². The lowest BCUT2D eigenvalue weighted by Crippen LogP contribution is -2.06. The van der Waals surface area contributed by atoms with E-state index in [0.717, 1.165) is 19.0 Å². The van der Waals surface area contributed by atoms with E-state index in [1.807, 2.05) is 6.92 Å². The van der Waals surface area contributed by atoms with Crippen LogP contribution in [0, 0.1) is 5.82 Å². The van der Waals surface area contributed by atoms with Gasteiger partial charge in [0.1, 0.15) is 17.1 Å². The van der Waals surface area contributed by atoms with Crippen molar-refractivity contribution in [1.29, 1.82) is 0 Å². The van der Waals surface area contributed by atoms with E-state index in [1.165, 1.54) is 12.3 Å². The van der Waals surface area contributed by atoms with Crippen molar-refractivity contribution >= 4 is 11.7 Å². The molecule has 0 radical (unpaired) electrons. The van der Waals surface area contributed by atoms with Gasteiger partial charge >= 0.3 is 5.97 Å². The van der Waals surface area contributed by atoms with Crippen LogP contribution in [0.25, 0.3) is 0 Å². The number of hydrogen-bond acceptors (Lipinski definition) is 4. The first kappa shape index (κ1) is 13.9. The van der Waals surface area contributed by atoms with E-state index < -0.39 is 23.0 Å². The Morgan fingerprint density at radius 2 is 2.30 bits per heavy atom. The Labute approximate surface area is 114 Å². The van der Waals surface area contributed by atoms with Crippen LogP contribution in [0.15, 0.2) is 24.5 Å². The van der Waals surface area contributed by atoms with Gasteiger partial charge in [-0.3, -0.25) is 4.68 Å². The second kappa shape index (κ2) is 5.60. The highest BCUT2D eigenvalue weighted by molar-refractivity contribution is 5.97. The number of rotatable bonds is 5. The van der Waals surface area contributed by atoms with Crippen molar-refractivity contribution in [3.8, 4) is 11.5 Å². The highest BCUT2D eigenvalue weighted by atomic mass is 19.1. The van der Waals surface area contributed by atoms with Crippen molar-refractivity contribution in [3.05, 3.63) is 35.9 Å². The van der Waals surface area contributed by atoms with Crippen LogP contribution in [0.4, 0.5) is 10.1 Å². The van der Waals surface area contributed by atoms with Gasteiger partial charge in [-0.2, -0.15) is 5.10 Å². The molecule has 0 spiro atoms. The maximum absolute atomic E-state index is 13.3. The molecule has 0 unspecified atom stereocenters. The Morgan fingerprint density at radius 3 is 2.95 bits per heavy atom. The summed E-state index contributed by atoms with van der Waals surface area (Å²) in [6, 6.07) is 2.29. The van der Waals surface area contributed by atoms with Gasteiger partial charge in [0.05, 0.1) is 18.1 Å². The number of ether oxygens (including phenoxy) is 1. The number of anilines is 1. The number of hydrogen-bond donors (Lipinski definition) is 2. The number of aryl methyl sites for hydroxylation is 1. The van der Waals surface area contributed by atoms with Crippen LogP contribution in [0.2, 0.25) is 0 Å². The lowest BCUT2D eigenvalue weighted by atomic mass is 10.1. The number of nitrogens with zero attached hydrogens (tertiary/aromatic N) is 2. The third-order valence-corrected chi connectivity index (χ3v) is 2.66. The molecule has 0 aliphatic carbocycles. The van der Waals surface area contributed by atoms with Gasteiger partial charge in [-0.05, 0) is 18.6 Å². The fraction of sp³-hybridized carbons (Fsp3) is 0.231. The van der Waals surface area contributed by atoms with E-state index in [9.17, 15) is 9.18 Å². The van der Waals surface area contributed by atoms with Gasteiger partial charge in [0, 0.05) is 6.54 Å². The molecule has 1 aromatic carbocycles. The SMILES string of the molecule is CCCn1cc(Oc2ccc(F)c(N)c2C(=O)O)cn1. The van der Waals surface area contributed by atoms with Crippen LogP contribution >= 0.6 is 0 Å². The molecule has 6 nitrogen and oxygen atoms in total. The molecule has 20 heavy (non-hydrogen) atoms. The number of halogens is 1. The Bertz CT molecular complexity index is 640. The van der Waals surface area contributed by atoms with Crippen LogP contribution in [0.5, 0.6) is 11.5 Å². The molecule has 2 aromatic rings. The third-order valence-electron chi connectivity index (χ3n) is 2.66. The molecule has 1 heterocycles. The summed E-state index contributed by atoms with van der Waals surface area (Å²) < 4.78 is 20.4. The third kappa shape index (κ3) is 2.71. The van der Waals surface area contributed by atoms with Gasteiger partial charge < -0.3 is 15.6 Å². The van der Waals surface area contributed by atoms with Crippen molar-refractivity contribution in [2.24, 2.45) is 0 Å². The largest absolute Gasteiger partial charge is 0.477 e. The molecule has 3 N–H and O–H groups in total. The van der Waals surface area contributed by atoms with Crippen molar-refractivity contribution < 1.29 is 19.0 Å². The van der Waals surface area contributed by atoms with Gasteiger partial charge in [0.2, 0.25) is 0 Å². The van der Waals surface area contributed by atoms with Crippen molar-refractivity contribution in [1.82, 2.24) is 9.78 Å². The van der Waals surface area contributed by atoms with Gasteiger partial charge in [-0.1, -0.05) is 6.92 Å². The lowest BCUT2D eigenvalue weighted by molar-refractivity contribution is 0.0695. The van der Waals surface area contributed by atoms with Crippen LogP contribution in [0.1, 0.15) is 23.7 Å². The van der Waals surface area contributed by atoms with Gasteiger partial charge in [-0.15, -0.1) is 0 Å². The number of carbonyl (C=O) groups is 1. The highest BCUT2D eigenvalue weighted by Crippen LogP contribution is 2.30. The summed E-state index contributed by atoms with van der Waals surface area (Å²) >= 11 is 0. The van der Waals surface area contributed by atoms with Crippen LogP contribution in [0.3, 0.4) is 0 Å². The number of carboxylic acid groups (broad SMARTS) is 1.